The Labute approximate surface area is 171 Å². The Hall–Kier alpha value is -2.08. The number of rotatable bonds is 7. The predicted molar refractivity (Wildman–Crippen MR) is 111 cm³/mol. The van der Waals surface area contributed by atoms with E-state index in [-0.39, 0.29) is 23.7 Å². The summed E-state index contributed by atoms with van der Waals surface area (Å²) in [7, 11) is 1.92. The van der Waals surface area contributed by atoms with Gasteiger partial charge in [0.25, 0.3) is 0 Å². The Kier molecular flexibility index (Phi) is 6.94. The van der Waals surface area contributed by atoms with Crippen molar-refractivity contribution in [3.8, 4) is 0 Å². The molecular weight excluding hydrogens is 376 g/mol. The number of amides is 2. The van der Waals surface area contributed by atoms with Crippen LogP contribution in [0.4, 0.5) is 0 Å². The van der Waals surface area contributed by atoms with Gasteiger partial charge in [0.15, 0.2) is 0 Å². The molecule has 2 heterocycles. The summed E-state index contributed by atoms with van der Waals surface area (Å²) in [5.74, 6) is 0.509. The van der Waals surface area contributed by atoms with E-state index in [1.54, 1.807) is 0 Å². The minimum Gasteiger partial charge on any atom is -0.355 e. The first-order valence-electron chi connectivity index (χ1n) is 10.0. The monoisotopic (exact) mass is 404 g/mol. The fraction of sp³-hybridized carbons (Fsp3) is 0.571. The van der Waals surface area contributed by atoms with Crippen molar-refractivity contribution in [2.24, 2.45) is 13.0 Å². The maximum atomic E-state index is 13.1. The minimum absolute atomic E-state index is 0.00821. The third kappa shape index (κ3) is 4.85. The number of fused-ring (bicyclic) bond motifs is 1. The van der Waals surface area contributed by atoms with Crippen molar-refractivity contribution >= 4 is 34.3 Å². The van der Waals surface area contributed by atoms with Gasteiger partial charge in [0, 0.05) is 31.6 Å². The molecular formula is C21H29ClN4O2. The highest BCUT2D eigenvalue weighted by Crippen LogP contribution is 2.27. The highest BCUT2D eigenvalue weighted by Gasteiger charge is 2.31. The van der Waals surface area contributed by atoms with Gasteiger partial charge in [-0.3, -0.25) is 14.3 Å². The molecule has 152 valence electrons. The number of hydrogen-bond donors (Lipinski definition) is 1. The molecule has 28 heavy (non-hydrogen) atoms. The molecule has 2 aromatic rings. The van der Waals surface area contributed by atoms with E-state index >= 15 is 0 Å². The molecule has 7 heteroatoms. The van der Waals surface area contributed by atoms with E-state index in [1.165, 1.54) is 0 Å². The van der Waals surface area contributed by atoms with Gasteiger partial charge in [-0.2, -0.15) is 5.10 Å². The Balaban J connectivity index is 1.62. The quantitative estimate of drug-likeness (QED) is 0.570. The molecule has 0 saturated carbocycles. The van der Waals surface area contributed by atoms with Gasteiger partial charge < -0.3 is 10.2 Å². The average Bonchev–Trinajstić information content (AvgIpc) is 3.06. The lowest BCUT2D eigenvalue weighted by Gasteiger charge is -2.40. The Morgan fingerprint density at radius 3 is 2.96 bits per heavy atom. The van der Waals surface area contributed by atoms with Crippen LogP contribution in [0.25, 0.3) is 10.9 Å². The van der Waals surface area contributed by atoms with Gasteiger partial charge in [-0.15, -0.1) is 11.6 Å². The molecule has 2 unspecified atom stereocenters. The molecule has 2 atom stereocenters. The van der Waals surface area contributed by atoms with E-state index in [1.807, 2.05) is 30.1 Å². The molecule has 6 nitrogen and oxygen atoms in total. The summed E-state index contributed by atoms with van der Waals surface area (Å²) in [5.41, 5.74) is 2.09. The summed E-state index contributed by atoms with van der Waals surface area (Å²) in [6.45, 7) is 3.65. The first-order valence-corrected chi connectivity index (χ1v) is 10.6. The lowest BCUT2D eigenvalue weighted by Crippen LogP contribution is -2.48. The van der Waals surface area contributed by atoms with Crippen LogP contribution in [0.2, 0.25) is 0 Å². The molecule has 0 spiro atoms. The van der Waals surface area contributed by atoms with Crippen molar-refractivity contribution in [2.75, 3.05) is 19.0 Å². The number of aromatic nitrogens is 2. The van der Waals surface area contributed by atoms with Crippen molar-refractivity contribution in [3.05, 3.63) is 30.0 Å². The first-order chi connectivity index (χ1) is 13.5. The molecule has 0 aliphatic carbocycles. The molecule has 1 aromatic carbocycles. The van der Waals surface area contributed by atoms with Crippen molar-refractivity contribution in [1.29, 1.82) is 0 Å². The number of nitrogens with one attached hydrogen (secondary N) is 1. The van der Waals surface area contributed by atoms with E-state index < -0.39 is 0 Å². The zero-order valence-corrected chi connectivity index (χ0v) is 17.4. The van der Waals surface area contributed by atoms with Crippen LogP contribution in [0.15, 0.2) is 24.4 Å². The van der Waals surface area contributed by atoms with E-state index in [0.29, 0.717) is 18.9 Å². The number of benzene rings is 1. The Morgan fingerprint density at radius 2 is 2.18 bits per heavy atom. The minimum atomic E-state index is -0.142. The van der Waals surface area contributed by atoms with Crippen molar-refractivity contribution < 1.29 is 9.59 Å². The number of likely N-dealkylation sites (tertiary alicyclic amines) is 1. The van der Waals surface area contributed by atoms with Crippen LogP contribution >= 0.6 is 11.6 Å². The number of alkyl halides is 1. The van der Waals surface area contributed by atoms with Crippen LogP contribution in [-0.2, 0) is 23.1 Å². The van der Waals surface area contributed by atoms with E-state index in [0.717, 1.165) is 48.7 Å². The summed E-state index contributed by atoms with van der Waals surface area (Å²) >= 11 is 5.51. The second-order valence-electron chi connectivity index (χ2n) is 7.74. The van der Waals surface area contributed by atoms with Gasteiger partial charge in [-0.05, 0) is 49.3 Å². The van der Waals surface area contributed by atoms with Crippen LogP contribution in [0, 0.1) is 5.92 Å². The SMILES string of the molecule is CC1CCCN(C(=O)Cc2ccc3c(cnn3C)c2)C1CCCNC(=O)CCl. The van der Waals surface area contributed by atoms with Gasteiger partial charge in [0.2, 0.25) is 11.8 Å². The topological polar surface area (TPSA) is 67.2 Å². The molecule has 1 aliphatic rings. The Morgan fingerprint density at radius 1 is 1.36 bits per heavy atom. The van der Waals surface area contributed by atoms with Crippen molar-refractivity contribution in [2.45, 2.75) is 45.1 Å². The van der Waals surface area contributed by atoms with Gasteiger partial charge in [-0.25, -0.2) is 0 Å². The fourth-order valence-electron chi connectivity index (χ4n) is 4.18. The first kappa shape index (κ1) is 20.6. The summed E-state index contributed by atoms with van der Waals surface area (Å²) in [4.78, 5) is 26.4. The average molecular weight is 405 g/mol. The van der Waals surface area contributed by atoms with Crippen molar-refractivity contribution in [3.63, 3.8) is 0 Å². The van der Waals surface area contributed by atoms with E-state index in [4.69, 9.17) is 11.6 Å². The summed E-state index contributed by atoms with van der Waals surface area (Å²) < 4.78 is 1.84. The number of piperidine rings is 1. The third-order valence-electron chi connectivity index (χ3n) is 5.72. The molecule has 1 saturated heterocycles. The van der Waals surface area contributed by atoms with Crippen molar-refractivity contribution in [1.82, 2.24) is 20.0 Å². The number of nitrogens with zero attached hydrogens (tertiary/aromatic N) is 3. The van der Waals surface area contributed by atoms with Gasteiger partial charge in [0.05, 0.1) is 18.1 Å². The highest BCUT2D eigenvalue weighted by atomic mass is 35.5. The lowest BCUT2D eigenvalue weighted by molar-refractivity contribution is -0.135. The molecule has 1 N–H and O–H groups in total. The van der Waals surface area contributed by atoms with Crippen LogP contribution in [0.1, 0.15) is 38.2 Å². The number of carbonyl (C=O) groups excluding carboxylic acids is 2. The maximum absolute atomic E-state index is 13.1. The van der Waals surface area contributed by atoms with Crippen LogP contribution in [0.3, 0.4) is 0 Å². The molecule has 1 aliphatic heterocycles. The molecule has 2 amide bonds. The summed E-state index contributed by atoms with van der Waals surface area (Å²) in [6, 6.07) is 6.34. The molecule has 0 bridgehead atoms. The fourth-order valence-corrected chi connectivity index (χ4v) is 4.28. The molecule has 0 radical (unpaired) electrons. The Bertz CT molecular complexity index is 835. The van der Waals surface area contributed by atoms with Crippen LogP contribution < -0.4 is 5.32 Å². The number of hydrogen-bond acceptors (Lipinski definition) is 3. The zero-order chi connectivity index (χ0) is 20.1. The van der Waals surface area contributed by atoms with E-state index in [2.05, 4.69) is 28.3 Å². The second-order valence-corrected chi connectivity index (χ2v) is 8.01. The second kappa shape index (κ2) is 9.41. The number of halogens is 1. The van der Waals surface area contributed by atoms with Crippen LogP contribution in [0.5, 0.6) is 0 Å². The molecule has 3 rings (SSSR count). The molecule has 1 aromatic heterocycles. The summed E-state index contributed by atoms with van der Waals surface area (Å²) in [6.07, 6.45) is 6.19. The molecule has 1 fully saturated rings. The van der Waals surface area contributed by atoms with E-state index in [9.17, 15) is 9.59 Å². The highest BCUT2D eigenvalue weighted by molar-refractivity contribution is 6.27. The summed E-state index contributed by atoms with van der Waals surface area (Å²) in [5, 5.41) is 8.14. The standard InChI is InChI=1S/C21H29ClN4O2/c1-15-5-4-10-26(18(15)6-3-9-23-20(27)13-22)21(28)12-16-7-8-19-17(11-16)14-24-25(19)2/h7-8,11,14-15,18H,3-6,9-10,12-13H2,1-2H3,(H,23,27). The van der Waals surface area contributed by atoms with Gasteiger partial charge >= 0.3 is 0 Å². The zero-order valence-electron chi connectivity index (χ0n) is 16.7. The largest absolute Gasteiger partial charge is 0.355 e. The van der Waals surface area contributed by atoms with Crippen LogP contribution in [-0.4, -0.2) is 51.5 Å². The lowest BCUT2D eigenvalue weighted by atomic mass is 9.87. The smallest absolute Gasteiger partial charge is 0.234 e. The van der Waals surface area contributed by atoms with Gasteiger partial charge in [-0.1, -0.05) is 13.0 Å². The predicted octanol–water partition coefficient (Wildman–Crippen LogP) is 2.88. The maximum Gasteiger partial charge on any atom is 0.234 e. The normalized spacial score (nSPS) is 19.8. The third-order valence-corrected chi connectivity index (χ3v) is 5.96. The number of aryl methyl sites for hydroxylation is 1. The number of carbonyl (C=O) groups is 2. The van der Waals surface area contributed by atoms with Gasteiger partial charge in [0.1, 0.15) is 5.88 Å².